The number of piperidine rings is 1. The maximum absolute atomic E-state index is 13.1. The molecule has 1 N–H and O–H groups in total. The standard InChI is InChI=1S/C22H26ClN3O2/c1-25(2)20-12-6-4-10-18(20)22(28)26-13-7-8-16(15-26)14-24-21(27)17-9-3-5-11-19(17)23/h3-6,9-12,16H,7-8,13-15H2,1-2H3,(H,24,27)/t16-/m0/s1. The van der Waals surface area contributed by atoms with Crippen molar-refractivity contribution in [2.24, 2.45) is 5.92 Å². The van der Waals surface area contributed by atoms with Gasteiger partial charge in [0.05, 0.1) is 16.1 Å². The predicted octanol–water partition coefficient (Wildman–Crippen LogP) is 3.69. The van der Waals surface area contributed by atoms with Crippen molar-refractivity contribution in [3.8, 4) is 0 Å². The van der Waals surface area contributed by atoms with Crippen LogP contribution in [0.25, 0.3) is 0 Å². The van der Waals surface area contributed by atoms with Crippen LogP contribution in [0.15, 0.2) is 48.5 Å². The van der Waals surface area contributed by atoms with Gasteiger partial charge >= 0.3 is 0 Å². The number of para-hydroxylation sites is 1. The van der Waals surface area contributed by atoms with Crippen LogP contribution in [0.1, 0.15) is 33.6 Å². The highest BCUT2D eigenvalue weighted by Crippen LogP contribution is 2.24. The summed E-state index contributed by atoms with van der Waals surface area (Å²) in [6.45, 7) is 1.92. The van der Waals surface area contributed by atoms with Crippen molar-refractivity contribution in [3.05, 3.63) is 64.7 Å². The second kappa shape index (κ2) is 9.11. The van der Waals surface area contributed by atoms with Crippen molar-refractivity contribution in [3.63, 3.8) is 0 Å². The van der Waals surface area contributed by atoms with Crippen LogP contribution in [0.5, 0.6) is 0 Å². The summed E-state index contributed by atoms with van der Waals surface area (Å²) in [7, 11) is 3.88. The molecule has 6 heteroatoms. The molecular weight excluding hydrogens is 374 g/mol. The van der Waals surface area contributed by atoms with Crippen LogP contribution in [-0.4, -0.2) is 50.4 Å². The molecule has 1 atom stereocenters. The van der Waals surface area contributed by atoms with Gasteiger partial charge in [0.15, 0.2) is 0 Å². The van der Waals surface area contributed by atoms with E-state index in [2.05, 4.69) is 5.32 Å². The van der Waals surface area contributed by atoms with E-state index in [1.165, 1.54) is 0 Å². The van der Waals surface area contributed by atoms with Crippen LogP contribution in [0.3, 0.4) is 0 Å². The Morgan fingerprint density at radius 1 is 1.11 bits per heavy atom. The first-order chi connectivity index (χ1) is 13.5. The molecule has 148 valence electrons. The van der Waals surface area contributed by atoms with E-state index in [9.17, 15) is 9.59 Å². The molecule has 5 nitrogen and oxygen atoms in total. The van der Waals surface area contributed by atoms with E-state index in [1.807, 2.05) is 48.2 Å². The smallest absolute Gasteiger partial charge is 0.255 e. The molecule has 2 aromatic carbocycles. The Morgan fingerprint density at radius 2 is 1.79 bits per heavy atom. The van der Waals surface area contributed by atoms with Crippen molar-refractivity contribution < 1.29 is 9.59 Å². The number of carbonyl (C=O) groups is 2. The number of benzene rings is 2. The molecule has 0 spiro atoms. The topological polar surface area (TPSA) is 52.7 Å². The second-order valence-corrected chi connectivity index (χ2v) is 7.77. The van der Waals surface area contributed by atoms with Crippen molar-refractivity contribution in [1.29, 1.82) is 0 Å². The highest BCUT2D eigenvalue weighted by Gasteiger charge is 2.26. The highest BCUT2D eigenvalue weighted by molar-refractivity contribution is 6.33. The Hall–Kier alpha value is -2.53. The summed E-state index contributed by atoms with van der Waals surface area (Å²) >= 11 is 6.10. The quantitative estimate of drug-likeness (QED) is 0.834. The molecular formula is C22H26ClN3O2. The number of carbonyl (C=O) groups excluding carboxylic acids is 2. The number of halogens is 1. The first-order valence-corrected chi connectivity index (χ1v) is 9.93. The average Bonchev–Trinajstić information content (AvgIpc) is 2.72. The maximum Gasteiger partial charge on any atom is 0.255 e. The van der Waals surface area contributed by atoms with Crippen LogP contribution < -0.4 is 10.2 Å². The van der Waals surface area contributed by atoms with Gasteiger partial charge < -0.3 is 15.1 Å². The highest BCUT2D eigenvalue weighted by atomic mass is 35.5. The maximum atomic E-state index is 13.1. The predicted molar refractivity (Wildman–Crippen MR) is 113 cm³/mol. The first kappa shape index (κ1) is 20.2. The minimum atomic E-state index is -0.174. The number of likely N-dealkylation sites (tertiary alicyclic amines) is 1. The van der Waals surface area contributed by atoms with Crippen molar-refractivity contribution in [2.75, 3.05) is 38.6 Å². The average molecular weight is 400 g/mol. The summed E-state index contributed by atoms with van der Waals surface area (Å²) in [5.74, 6) is 0.106. The van der Waals surface area contributed by atoms with Crippen molar-refractivity contribution in [2.45, 2.75) is 12.8 Å². The number of rotatable bonds is 5. The number of amides is 2. The van der Waals surface area contributed by atoms with E-state index in [4.69, 9.17) is 11.6 Å². The molecule has 0 bridgehead atoms. The number of anilines is 1. The lowest BCUT2D eigenvalue weighted by molar-refractivity contribution is 0.0671. The lowest BCUT2D eigenvalue weighted by atomic mass is 9.97. The number of hydrogen-bond acceptors (Lipinski definition) is 3. The Bertz CT molecular complexity index is 853. The first-order valence-electron chi connectivity index (χ1n) is 9.55. The molecule has 1 saturated heterocycles. The Balaban J connectivity index is 1.62. The largest absolute Gasteiger partial charge is 0.377 e. The Morgan fingerprint density at radius 3 is 2.50 bits per heavy atom. The van der Waals surface area contributed by atoms with E-state index in [-0.39, 0.29) is 17.7 Å². The van der Waals surface area contributed by atoms with Gasteiger partial charge in [0, 0.05) is 39.4 Å². The third-order valence-corrected chi connectivity index (χ3v) is 5.42. The molecule has 0 aromatic heterocycles. The summed E-state index contributed by atoms with van der Waals surface area (Å²) in [4.78, 5) is 29.3. The molecule has 3 rings (SSSR count). The van der Waals surface area contributed by atoms with E-state index < -0.39 is 0 Å². The number of hydrogen-bond donors (Lipinski definition) is 1. The molecule has 2 aromatic rings. The summed E-state index contributed by atoms with van der Waals surface area (Å²) in [6, 6.07) is 14.7. The summed E-state index contributed by atoms with van der Waals surface area (Å²) in [5, 5.41) is 3.41. The number of nitrogens with one attached hydrogen (secondary N) is 1. The van der Waals surface area contributed by atoms with Crippen LogP contribution >= 0.6 is 11.6 Å². The van der Waals surface area contributed by atoms with Crippen molar-refractivity contribution in [1.82, 2.24) is 10.2 Å². The SMILES string of the molecule is CN(C)c1ccccc1C(=O)N1CCC[C@@H](CNC(=O)c2ccccc2Cl)C1. The molecule has 0 unspecified atom stereocenters. The van der Waals surface area contributed by atoms with Gasteiger partial charge in [0.1, 0.15) is 0 Å². The monoisotopic (exact) mass is 399 g/mol. The summed E-state index contributed by atoms with van der Waals surface area (Å²) in [6.07, 6.45) is 1.92. The third-order valence-electron chi connectivity index (χ3n) is 5.09. The third kappa shape index (κ3) is 4.65. The molecule has 1 fully saturated rings. The van der Waals surface area contributed by atoms with Gasteiger partial charge in [-0.1, -0.05) is 35.9 Å². The molecule has 0 aliphatic carbocycles. The lowest BCUT2D eigenvalue weighted by Gasteiger charge is -2.33. The van der Waals surface area contributed by atoms with E-state index >= 15 is 0 Å². The van der Waals surface area contributed by atoms with E-state index in [0.29, 0.717) is 29.2 Å². The second-order valence-electron chi connectivity index (χ2n) is 7.36. The summed E-state index contributed by atoms with van der Waals surface area (Å²) < 4.78 is 0. The van der Waals surface area contributed by atoms with Gasteiger partial charge in [-0.3, -0.25) is 9.59 Å². The zero-order chi connectivity index (χ0) is 20.1. The minimum Gasteiger partial charge on any atom is -0.377 e. The van der Waals surface area contributed by atoms with E-state index in [1.54, 1.807) is 24.3 Å². The van der Waals surface area contributed by atoms with Crippen molar-refractivity contribution >= 4 is 29.1 Å². The van der Waals surface area contributed by atoms with Gasteiger partial charge in [0.25, 0.3) is 11.8 Å². The molecule has 0 saturated carbocycles. The summed E-state index contributed by atoms with van der Waals surface area (Å²) in [5.41, 5.74) is 2.11. The van der Waals surface area contributed by atoms with Gasteiger partial charge in [0.2, 0.25) is 0 Å². The van der Waals surface area contributed by atoms with Crippen LogP contribution in [0.2, 0.25) is 5.02 Å². The van der Waals surface area contributed by atoms with Crippen LogP contribution in [0.4, 0.5) is 5.69 Å². The van der Waals surface area contributed by atoms with Gasteiger partial charge in [-0.25, -0.2) is 0 Å². The van der Waals surface area contributed by atoms with Gasteiger partial charge in [-0.05, 0) is 43.0 Å². The zero-order valence-electron chi connectivity index (χ0n) is 16.3. The molecule has 2 amide bonds. The van der Waals surface area contributed by atoms with Crippen LogP contribution in [0, 0.1) is 5.92 Å². The molecule has 1 aliphatic rings. The number of nitrogens with zero attached hydrogens (tertiary/aromatic N) is 2. The van der Waals surface area contributed by atoms with Gasteiger partial charge in [-0.2, -0.15) is 0 Å². The molecule has 0 radical (unpaired) electrons. The van der Waals surface area contributed by atoms with Crippen LogP contribution in [-0.2, 0) is 0 Å². The lowest BCUT2D eigenvalue weighted by Crippen LogP contribution is -2.44. The molecule has 1 aliphatic heterocycles. The fraction of sp³-hybridized carbons (Fsp3) is 0.364. The minimum absolute atomic E-state index is 0.0476. The molecule has 1 heterocycles. The van der Waals surface area contributed by atoms with Gasteiger partial charge in [-0.15, -0.1) is 0 Å². The zero-order valence-corrected chi connectivity index (χ0v) is 17.1. The fourth-order valence-electron chi connectivity index (χ4n) is 3.61. The molecule has 28 heavy (non-hydrogen) atoms. The fourth-order valence-corrected chi connectivity index (χ4v) is 3.83. The Labute approximate surface area is 171 Å². The Kier molecular flexibility index (Phi) is 6.57. The normalized spacial score (nSPS) is 16.5. The van der Waals surface area contributed by atoms with E-state index in [0.717, 1.165) is 25.1 Å².